The Morgan fingerprint density at radius 2 is 1.95 bits per heavy atom. The van der Waals surface area contributed by atoms with Crippen LogP contribution < -0.4 is 5.48 Å². The maximum Gasteiger partial charge on any atom is 0.416 e. The monoisotopic (exact) mass is 286 g/mol. The van der Waals surface area contributed by atoms with Gasteiger partial charge in [0.15, 0.2) is 0 Å². The van der Waals surface area contributed by atoms with Crippen molar-refractivity contribution in [3.8, 4) is 0 Å². The van der Waals surface area contributed by atoms with Crippen LogP contribution in [0.15, 0.2) is 35.0 Å². The summed E-state index contributed by atoms with van der Waals surface area (Å²) in [6.07, 6.45) is -3.22. The lowest BCUT2D eigenvalue weighted by Gasteiger charge is -2.09. The van der Waals surface area contributed by atoms with E-state index in [-0.39, 0.29) is 17.0 Å². The molecule has 8 heteroatoms. The number of alkyl halides is 3. The molecule has 106 valence electrons. The molecule has 0 fully saturated rings. The van der Waals surface area contributed by atoms with Crippen LogP contribution in [-0.2, 0) is 11.0 Å². The van der Waals surface area contributed by atoms with Crippen LogP contribution in [0.5, 0.6) is 0 Å². The summed E-state index contributed by atoms with van der Waals surface area (Å²) in [6, 6.07) is 4.05. The van der Waals surface area contributed by atoms with Gasteiger partial charge in [0.1, 0.15) is 11.3 Å². The van der Waals surface area contributed by atoms with Crippen LogP contribution in [0.4, 0.5) is 18.9 Å². The minimum Gasteiger partial charge on any atom is -0.361 e. The Morgan fingerprint density at radius 3 is 2.45 bits per heavy atom. The standard InChI is InChI=1S/C12H9F3N2O3/c1-7-10(6-16-19-7)11(18)20-17-9-4-2-8(3-5-9)12(13,14)15/h2-6,17H,1H3. The van der Waals surface area contributed by atoms with Gasteiger partial charge in [0.25, 0.3) is 0 Å². The quantitative estimate of drug-likeness (QED) is 0.878. The molecule has 2 rings (SSSR count). The Balaban J connectivity index is 1.98. The van der Waals surface area contributed by atoms with Gasteiger partial charge in [-0.1, -0.05) is 5.16 Å². The lowest BCUT2D eigenvalue weighted by Crippen LogP contribution is -2.11. The Bertz CT molecular complexity index is 605. The summed E-state index contributed by atoms with van der Waals surface area (Å²) < 4.78 is 41.7. The van der Waals surface area contributed by atoms with E-state index in [1.165, 1.54) is 13.1 Å². The highest BCUT2D eigenvalue weighted by Crippen LogP contribution is 2.29. The highest BCUT2D eigenvalue weighted by Gasteiger charge is 2.30. The zero-order valence-corrected chi connectivity index (χ0v) is 10.2. The second-order valence-electron chi connectivity index (χ2n) is 3.86. The maximum atomic E-state index is 12.3. The van der Waals surface area contributed by atoms with Gasteiger partial charge in [0.2, 0.25) is 0 Å². The molecule has 0 saturated carbocycles. The number of aryl methyl sites for hydroxylation is 1. The lowest BCUT2D eigenvalue weighted by molar-refractivity contribution is -0.137. The highest BCUT2D eigenvalue weighted by molar-refractivity contribution is 5.90. The van der Waals surface area contributed by atoms with Gasteiger partial charge in [-0.2, -0.15) is 13.2 Å². The number of hydrogen-bond acceptors (Lipinski definition) is 5. The van der Waals surface area contributed by atoms with Gasteiger partial charge >= 0.3 is 12.1 Å². The molecular weight excluding hydrogens is 277 g/mol. The van der Waals surface area contributed by atoms with Gasteiger partial charge in [0.05, 0.1) is 17.4 Å². The summed E-state index contributed by atoms with van der Waals surface area (Å²) in [5, 5.41) is 3.41. The number of anilines is 1. The van der Waals surface area contributed by atoms with Gasteiger partial charge in [0, 0.05) is 0 Å². The molecule has 1 aromatic heterocycles. The minimum absolute atomic E-state index is 0.129. The number of nitrogens with one attached hydrogen (secondary N) is 1. The molecular formula is C12H9F3N2O3. The van der Waals surface area contributed by atoms with Crippen molar-refractivity contribution < 1.29 is 27.3 Å². The Kier molecular flexibility index (Phi) is 3.64. The number of nitrogens with zero attached hydrogens (tertiary/aromatic N) is 1. The Hall–Kier alpha value is -2.51. The second kappa shape index (κ2) is 5.24. The fourth-order valence-corrected chi connectivity index (χ4v) is 1.38. The average Bonchev–Trinajstić information content (AvgIpc) is 2.82. The summed E-state index contributed by atoms with van der Waals surface area (Å²) in [5.74, 6) is -0.465. The normalized spacial score (nSPS) is 11.2. The van der Waals surface area contributed by atoms with E-state index in [1.54, 1.807) is 0 Å². The summed E-state index contributed by atoms with van der Waals surface area (Å²) in [4.78, 5) is 16.3. The largest absolute Gasteiger partial charge is 0.416 e. The van der Waals surface area contributed by atoms with E-state index in [0.29, 0.717) is 0 Å². The molecule has 0 saturated heterocycles. The molecule has 0 aliphatic rings. The maximum absolute atomic E-state index is 12.3. The van der Waals surface area contributed by atoms with Crippen molar-refractivity contribution in [3.63, 3.8) is 0 Å². The number of halogens is 3. The Morgan fingerprint density at radius 1 is 1.30 bits per heavy atom. The van der Waals surface area contributed by atoms with Crippen LogP contribution in [0.1, 0.15) is 21.7 Å². The fraction of sp³-hybridized carbons (Fsp3) is 0.167. The average molecular weight is 286 g/mol. The second-order valence-corrected chi connectivity index (χ2v) is 3.86. The molecule has 0 aliphatic carbocycles. The Labute approximate surface area is 111 Å². The van der Waals surface area contributed by atoms with Crippen LogP contribution in [0.3, 0.4) is 0 Å². The predicted molar refractivity (Wildman–Crippen MR) is 61.7 cm³/mol. The number of hydrogen-bond donors (Lipinski definition) is 1. The number of carbonyl (C=O) groups excluding carboxylic acids is 1. The van der Waals surface area contributed by atoms with Crippen molar-refractivity contribution >= 4 is 11.7 Å². The third kappa shape index (κ3) is 3.08. The van der Waals surface area contributed by atoms with Crippen molar-refractivity contribution in [1.82, 2.24) is 5.16 Å². The molecule has 1 heterocycles. The molecule has 1 N–H and O–H groups in total. The third-order valence-corrected chi connectivity index (χ3v) is 2.44. The molecule has 20 heavy (non-hydrogen) atoms. The van der Waals surface area contributed by atoms with Crippen LogP contribution in [0.2, 0.25) is 0 Å². The highest BCUT2D eigenvalue weighted by atomic mass is 19.4. The van der Waals surface area contributed by atoms with Gasteiger partial charge in [-0.3, -0.25) is 0 Å². The van der Waals surface area contributed by atoms with E-state index < -0.39 is 17.7 Å². The summed E-state index contributed by atoms with van der Waals surface area (Å²) in [7, 11) is 0. The van der Waals surface area contributed by atoms with Crippen molar-refractivity contribution in [2.75, 3.05) is 5.48 Å². The first kappa shape index (κ1) is 13.9. The lowest BCUT2D eigenvalue weighted by atomic mass is 10.2. The zero-order chi connectivity index (χ0) is 14.8. The molecule has 0 bridgehead atoms. The topological polar surface area (TPSA) is 64.4 Å². The molecule has 0 aliphatic heterocycles. The number of carbonyl (C=O) groups is 1. The minimum atomic E-state index is -4.41. The van der Waals surface area contributed by atoms with Gasteiger partial charge in [-0.15, -0.1) is 0 Å². The molecule has 0 amide bonds. The summed E-state index contributed by atoms with van der Waals surface area (Å²) >= 11 is 0. The molecule has 0 spiro atoms. The van der Waals surface area contributed by atoms with E-state index in [1.807, 2.05) is 0 Å². The predicted octanol–water partition coefficient (Wildman–Crippen LogP) is 3.19. The first-order valence-electron chi connectivity index (χ1n) is 5.43. The summed E-state index contributed by atoms with van der Waals surface area (Å²) in [5.41, 5.74) is 1.80. The van der Waals surface area contributed by atoms with Crippen molar-refractivity contribution in [2.24, 2.45) is 0 Å². The molecule has 0 atom stereocenters. The van der Waals surface area contributed by atoms with E-state index in [2.05, 4.69) is 15.2 Å². The SMILES string of the molecule is Cc1oncc1C(=O)ONc1ccc(C(F)(F)F)cc1. The molecule has 2 aromatic rings. The first-order valence-corrected chi connectivity index (χ1v) is 5.43. The molecule has 5 nitrogen and oxygen atoms in total. The van der Waals surface area contributed by atoms with Crippen LogP contribution in [0.25, 0.3) is 0 Å². The van der Waals surface area contributed by atoms with Crippen molar-refractivity contribution in [3.05, 3.63) is 47.3 Å². The third-order valence-electron chi connectivity index (χ3n) is 2.44. The van der Waals surface area contributed by atoms with Gasteiger partial charge in [-0.05, 0) is 31.2 Å². The van der Waals surface area contributed by atoms with Crippen LogP contribution >= 0.6 is 0 Å². The van der Waals surface area contributed by atoms with E-state index in [0.717, 1.165) is 24.3 Å². The van der Waals surface area contributed by atoms with Gasteiger partial charge in [-0.25, -0.2) is 10.3 Å². The van der Waals surface area contributed by atoms with Crippen LogP contribution in [-0.4, -0.2) is 11.1 Å². The van der Waals surface area contributed by atoms with Gasteiger partial charge < -0.3 is 9.36 Å². The number of benzene rings is 1. The number of aromatic nitrogens is 1. The first-order chi connectivity index (χ1) is 9.38. The van der Waals surface area contributed by atoms with Crippen molar-refractivity contribution in [2.45, 2.75) is 13.1 Å². The number of rotatable bonds is 3. The zero-order valence-electron chi connectivity index (χ0n) is 10.2. The van der Waals surface area contributed by atoms with Crippen molar-refractivity contribution in [1.29, 1.82) is 0 Å². The van der Waals surface area contributed by atoms with Crippen LogP contribution in [0, 0.1) is 6.92 Å². The smallest absolute Gasteiger partial charge is 0.361 e. The van der Waals surface area contributed by atoms with E-state index in [9.17, 15) is 18.0 Å². The fourth-order valence-electron chi connectivity index (χ4n) is 1.38. The summed E-state index contributed by atoms with van der Waals surface area (Å²) in [6.45, 7) is 1.53. The molecule has 1 aromatic carbocycles. The molecule has 0 unspecified atom stereocenters. The van der Waals surface area contributed by atoms with E-state index >= 15 is 0 Å². The van der Waals surface area contributed by atoms with E-state index in [4.69, 9.17) is 4.84 Å². The molecule has 0 radical (unpaired) electrons.